The fourth-order valence-corrected chi connectivity index (χ4v) is 4.18. The van der Waals surface area contributed by atoms with Crippen molar-refractivity contribution >= 4 is 44.8 Å². The van der Waals surface area contributed by atoms with Crippen LogP contribution in [0.1, 0.15) is 20.8 Å². The van der Waals surface area contributed by atoms with Gasteiger partial charge in [0, 0.05) is 9.37 Å². The molecule has 0 fully saturated rings. The van der Waals surface area contributed by atoms with Gasteiger partial charge in [0.25, 0.3) is 0 Å². The molecule has 0 aliphatic rings. The monoisotopic (exact) mass is 340 g/mol. The Kier molecular flexibility index (Phi) is 4.65. The number of benzene rings is 1. The van der Waals surface area contributed by atoms with Crippen molar-refractivity contribution in [1.82, 2.24) is 0 Å². The summed E-state index contributed by atoms with van der Waals surface area (Å²) in [5.74, 6) is 0.673. The van der Waals surface area contributed by atoms with E-state index < -0.39 is 0 Å². The minimum atomic E-state index is 0.183. The van der Waals surface area contributed by atoms with Gasteiger partial charge in [0.15, 0.2) is 5.78 Å². The fraction of sp³-hybridized carbons (Fsp3) is 0.214. The molecule has 0 aliphatic heterocycles. The molecule has 0 saturated heterocycles. The first-order valence-electron chi connectivity index (χ1n) is 5.54. The van der Waals surface area contributed by atoms with Crippen molar-refractivity contribution in [1.29, 1.82) is 0 Å². The molecule has 0 unspecified atom stereocenters. The summed E-state index contributed by atoms with van der Waals surface area (Å²) in [6, 6.07) is 8.25. The Hall–Kier alpha value is -0.580. The average Bonchev–Trinajstić information content (AvgIpc) is 2.76. The number of Topliss-reactive ketones (excluding diaryl/α,β-unsaturated/α-hetero) is 1. The molecule has 0 bridgehead atoms. The SMILES string of the molecule is Cc1ccc(C)c(SCC(=O)c2sccc2Br)c1. The Labute approximate surface area is 124 Å². The molecule has 0 spiro atoms. The number of ketones is 1. The van der Waals surface area contributed by atoms with Crippen LogP contribution in [0.3, 0.4) is 0 Å². The van der Waals surface area contributed by atoms with Crippen LogP contribution in [-0.2, 0) is 0 Å². The molecule has 1 aromatic heterocycles. The second-order valence-electron chi connectivity index (χ2n) is 4.08. The lowest BCUT2D eigenvalue weighted by molar-refractivity contribution is 0.102. The van der Waals surface area contributed by atoms with Crippen LogP contribution < -0.4 is 0 Å². The smallest absolute Gasteiger partial charge is 0.184 e. The molecule has 94 valence electrons. The topological polar surface area (TPSA) is 17.1 Å². The molecule has 0 amide bonds. The van der Waals surface area contributed by atoms with E-state index in [4.69, 9.17) is 0 Å². The highest BCUT2D eigenvalue weighted by atomic mass is 79.9. The quantitative estimate of drug-likeness (QED) is 0.568. The molecule has 4 heteroatoms. The van der Waals surface area contributed by atoms with Gasteiger partial charge in [-0.3, -0.25) is 4.79 Å². The van der Waals surface area contributed by atoms with E-state index in [1.54, 1.807) is 11.8 Å². The molecule has 0 aliphatic carbocycles. The molecule has 0 saturated carbocycles. The summed E-state index contributed by atoms with van der Waals surface area (Å²) < 4.78 is 0.902. The van der Waals surface area contributed by atoms with Crippen LogP contribution in [0.2, 0.25) is 0 Å². The van der Waals surface area contributed by atoms with Gasteiger partial charge in [-0.1, -0.05) is 17.7 Å². The number of hydrogen-bond donors (Lipinski definition) is 0. The highest BCUT2D eigenvalue weighted by Gasteiger charge is 2.12. The van der Waals surface area contributed by atoms with E-state index in [1.165, 1.54) is 27.4 Å². The Morgan fingerprint density at radius 3 is 2.78 bits per heavy atom. The third-order valence-electron chi connectivity index (χ3n) is 2.57. The van der Waals surface area contributed by atoms with E-state index in [9.17, 15) is 4.79 Å². The van der Waals surface area contributed by atoms with Gasteiger partial charge in [-0.05, 0) is 52.9 Å². The fourth-order valence-electron chi connectivity index (χ4n) is 1.56. The Morgan fingerprint density at radius 1 is 1.33 bits per heavy atom. The normalized spacial score (nSPS) is 10.6. The van der Waals surface area contributed by atoms with Crippen molar-refractivity contribution in [2.24, 2.45) is 0 Å². The molecular weight excluding hydrogens is 328 g/mol. The minimum absolute atomic E-state index is 0.183. The molecule has 0 N–H and O–H groups in total. The zero-order valence-electron chi connectivity index (χ0n) is 10.2. The Balaban J connectivity index is 2.06. The van der Waals surface area contributed by atoms with Crippen LogP contribution in [0.25, 0.3) is 0 Å². The third-order valence-corrected chi connectivity index (χ3v) is 5.61. The predicted octanol–water partition coefficient (Wildman–Crippen LogP) is 5.10. The summed E-state index contributed by atoms with van der Waals surface area (Å²) in [4.78, 5) is 14.1. The molecule has 1 nitrogen and oxygen atoms in total. The lowest BCUT2D eigenvalue weighted by atomic mass is 10.2. The lowest BCUT2D eigenvalue weighted by Gasteiger charge is -2.06. The number of thioether (sulfide) groups is 1. The summed E-state index contributed by atoms with van der Waals surface area (Å²) in [6.07, 6.45) is 0. The van der Waals surface area contributed by atoms with E-state index in [-0.39, 0.29) is 5.78 Å². The average molecular weight is 341 g/mol. The molecule has 18 heavy (non-hydrogen) atoms. The van der Waals surface area contributed by atoms with Gasteiger partial charge in [0.1, 0.15) is 0 Å². The second kappa shape index (κ2) is 6.04. The molecular formula is C14H13BrOS2. The number of rotatable bonds is 4. The van der Waals surface area contributed by atoms with E-state index in [2.05, 4.69) is 48.0 Å². The number of thiophene rings is 1. The van der Waals surface area contributed by atoms with Gasteiger partial charge in [-0.15, -0.1) is 23.1 Å². The maximum Gasteiger partial charge on any atom is 0.184 e. The van der Waals surface area contributed by atoms with Crippen LogP contribution in [0, 0.1) is 13.8 Å². The molecule has 0 radical (unpaired) electrons. The molecule has 0 atom stereocenters. The van der Waals surface area contributed by atoms with Gasteiger partial charge < -0.3 is 0 Å². The zero-order chi connectivity index (χ0) is 13.1. The summed E-state index contributed by atoms with van der Waals surface area (Å²) >= 11 is 6.50. The van der Waals surface area contributed by atoms with Crippen molar-refractivity contribution in [2.45, 2.75) is 18.7 Å². The van der Waals surface area contributed by atoms with Gasteiger partial charge in [-0.2, -0.15) is 0 Å². The summed E-state index contributed by atoms with van der Waals surface area (Å²) in [6.45, 7) is 4.15. The highest BCUT2D eigenvalue weighted by Crippen LogP contribution is 2.28. The van der Waals surface area contributed by atoms with Crippen LogP contribution in [0.5, 0.6) is 0 Å². The van der Waals surface area contributed by atoms with Crippen molar-refractivity contribution in [3.63, 3.8) is 0 Å². The summed E-state index contributed by atoms with van der Waals surface area (Å²) in [5.41, 5.74) is 2.46. The second-order valence-corrected chi connectivity index (χ2v) is 6.87. The molecule has 2 aromatic rings. The van der Waals surface area contributed by atoms with Crippen LogP contribution >= 0.6 is 39.0 Å². The first kappa shape index (κ1) is 13.8. The van der Waals surface area contributed by atoms with Gasteiger partial charge in [-0.25, -0.2) is 0 Å². The lowest BCUT2D eigenvalue weighted by Crippen LogP contribution is -2.00. The number of halogens is 1. The van der Waals surface area contributed by atoms with Crippen molar-refractivity contribution in [3.8, 4) is 0 Å². The predicted molar refractivity (Wildman–Crippen MR) is 83.0 cm³/mol. The largest absolute Gasteiger partial charge is 0.292 e. The van der Waals surface area contributed by atoms with Gasteiger partial charge in [0.2, 0.25) is 0 Å². The van der Waals surface area contributed by atoms with Crippen LogP contribution in [0.4, 0.5) is 0 Å². The summed E-state index contributed by atoms with van der Waals surface area (Å²) in [7, 11) is 0. The summed E-state index contributed by atoms with van der Waals surface area (Å²) in [5, 5.41) is 1.93. The van der Waals surface area contributed by atoms with E-state index in [0.717, 1.165) is 9.35 Å². The molecule has 1 heterocycles. The van der Waals surface area contributed by atoms with E-state index in [0.29, 0.717) is 5.75 Å². The van der Waals surface area contributed by atoms with E-state index >= 15 is 0 Å². The van der Waals surface area contributed by atoms with Crippen molar-refractivity contribution in [2.75, 3.05) is 5.75 Å². The third kappa shape index (κ3) is 3.25. The van der Waals surface area contributed by atoms with E-state index in [1.807, 2.05) is 11.4 Å². The first-order chi connectivity index (χ1) is 8.58. The van der Waals surface area contributed by atoms with Gasteiger partial charge in [0.05, 0.1) is 10.6 Å². The number of aryl methyl sites for hydroxylation is 2. The van der Waals surface area contributed by atoms with Crippen molar-refractivity contribution < 1.29 is 4.79 Å². The molecule has 1 aromatic carbocycles. The first-order valence-corrected chi connectivity index (χ1v) is 8.20. The van der Waals surface area contributed by atoms with Crippen LogP contribution in [0.15, 0.2) is 39.0 Å². The zero-order valence-corrected chi connectivity index (χ0v) is 13.4. The highest BCUT2D eigenvalue weighted by molar-refractivity contribution is 9.10. The minimum Gasteiger partial charge on any atom is -0.292 e. The van der Waals surface area contributed by atoms with Gasteiger partial charge >= 0.3 is 0 Å². The maximum absolute atomic E-state index is 12.1. The number of hydrogen-bond acceptors (Lipinski definition) is 3. The van der Waals surface area contributed by atoms with Crippen LogP contribution in [-0.4, -0.2) is 11.5 Å². The van der Waals surface area contributed by atoms with Crippen molar-refractivity contribution in [3.05, 3.63) is 50.1 Å². The Bertz CT molecular complexity index is 575. The number of carbonyl (C=O) groups is 1. The standard InChI is InChI=1S/C14H13BrOS2/c1-9-3-4-10(2)13(7-9)18-8-12(16)14-11(15)5-6-17-14/h3-7H,8H2,1-2H3. The maximum atomic E-state index is 12.1. The molecule has 2 rings (SSSR count). The number of carbonyl (C=O) groups excluding carboxylic acids is 1. The Morgan fingerprint density at radius 2 is 2.11 bits per heavy atom.